The Kier molecular flexibility index (Phi) is 3.07. The number of furan rings is 1. The quantitative estimate of drug-likeness (QED) is 0.830. The number of hydrogen-bond acceptors (Lipinski definition) is 2. The molecule has 1 atom stereocenters. The van der Waals surface area contributed by atoms with Crippen LogP contribution >= 0.6 is 0 Å². The minimum Gasteiger partial charge on any atom is -0.461 e. The van der Waals surface area contributed by atoms with Crippen molar-refractivity contribution in [2.24, 2.45) is 0 Å². The van der Waals surface area contributed by atoms with E-state index < -0.39 is 0 Å². The first-order valence-electron chi connectivity index (χ1n) is 5.45. The highest BCUT2D eigenvalue weighted by molar-refractivity contribution is 5.77. The predicted octanol–water partition coefficient (Wildman–Crippen LogP) is 3.14. The third-order valence-corrected chi connectivity index (χ3v) is 2.67. The van der Waals surface area contributed by atoms with E-state index in [1.807, 2.05) is 31.2 Å². The van der Waals surface area contributed by atoms with Gasteiger partial charge in [-0.2, -0.15) is 0 Å². The number of aryl methyl sites for hydroxylation is 1. The summed E-state index contributed by atoms with van der Waals surface area (Å²) in [4.78, 5) is 0. The zero-order valence-electron chi connectivity index (χ0n) is 8.94. The molecule has 0 amide bonds. The standard InChI is InChI=1S/C13H16O2/c1-2-11(14)7-8-12-9-10-5-3-4-6-13(10)15-12/h3-6,9,11,14H,2,7-8H2,1H3. The van der Waals surface area contributed by atoms with E-state index in [2.05, 4.69) is 6.07 Å². The van der Waals surface area contributed by atoms with Gasteiger partial charge in [0.1, 0.15) is 11.3 Å². The van der Waals surface area contributed by atoms with Crippen molar-refractivity contribution < 1.29 is 9.52 Å². The lowest BCUT2D eigenvalue weighted by Crippen LogP contribution is -2.05. The Labute approximate surface area is 89.5 Å². The van der Waals surface area contributed by atoms with E-state index in [0.717, 1.165) is 36.0 Å². The Morgan fingerprint density at radius 3 is 2.87 bits per heavy atom. The molecule has 80 valence electrons. The molecule has 2 heteroatoms. The first-order valence-corrected chi connectivity index (χ1v) is 5.45. The first kappa shape index (κ1) is 10.2. The monoisotopic (exact) mass is 204 g/mol. The van der Waals surface area contributed by atoms with Gasteiger partial charge in [0.05, 0.1) is 6.10 Å². The number of fused-ring (bicyclic) bond motifs is 1. The lowest BCUT2D eigenvalue weighted by molar-refractivity contribution is 0.158. The molecule has 0 aliphatic carbocycles. The van der Waals surface area contributed by atoms with Gasteiger partial charge in [0.15, 0.2) is 0 Å². The third kappa shape index (κ3) is 2.39. The normalized spacial score (nSPS) is 13.2. The van der Waals surface area contributed by atoms with Gasteiger partial charge in [0.25, 0.3) is 0 Å². The van der Waals surface area contributed by atoms with Gasteiger partial charge in [-0.3, -0.25) is 0 Å². The molecule has 0 aliphatic rings. The van der Waals surface area contributed by atoms with Crippen LogP contribution in [0.25, 0.3) is 11.0 Å². The topological polar surface area (TPSA) is 33.4 Å². The number of para-hydroxylation sites is 1. The predicted molar refractivity (Wildman–Crippen MR) is 60.8 cm³/mol. The summed E-state index contributed by atoms with van der Waals surface area (Å²) in [6.07, 6.45) is 2.18. The van der Waals surface area contributed by atoms with Crippen molar-refractivity contribution in [1.29, 1.82) is 0 Å². The van der Waals surface area contributed by atoms with Crippen LogP contribution in [0.5, 0.6) is 0 Å². The van der Waals surface area contributed by atoms with Crippen molar-refractivity contribution in [3.8, 4) is 0 Å². The van der Waals surface area contributed by atoms with Gasteiger partial charge in [-0.05, 0) is 25.0 Å². The molecule has 0 aliphatic heterocycles. The van der Waals surface area contributed by atoms with Crippen LogP contribution in [0, 0.1) is 0 Å². The Morgan fingerprint density at radius 1 is 1.33 bits per heavy atom. The number of aliphatic hydroxyl groups is 1. The van der Waals surface area contributed by atoms with E-state index in [-0.39, 0.29) is 6.10 Å². The summed E-state index contributed by atoms with van der Waals surface area (Å²) in [5.41, 5.74) is 0.929. The minimum absolute atomic E-state index is 0.210. The van der Waals surface area contributed by atoms with Crippen LogP contribution in [-0.4, -0.2) is 11.2 Å². The van der Waals surface area contributed by atoms with Gasteiger partial charge in [-0.1, -0.05) is 25.1 Å². The van der Waals surface area contributed by atoms with Crippen LogP contribution in [0.15, 0.2) is 34.7 Å². The van der Waals surface area contributed by atoms with E-state index in [1.165, 1.54) is 0 Å². The molecule has 2 aromatic rings. The van der Waals surface area contributed by atoms with Crippen molar-refractivity contribution in [2.45, 2.75) is 32.3 Å². The Hall–Kier alpha value is -1.28. The van der Waals surface area contributed by atoms with Gasteiger partial charge in [-0.15, -0.1) is 0 Å². The molecule has 0 saturated heterocycles. The van der Waals surface area contributed by atoms with Crippen LogP contribution in [0.1, 0.15) is 25.5 Å². The second-order valence-electron chi connectivity index (χ2n) is 3.85. The summed E-state index contributed by atoms with van der Waals surface area (Å²) in [6.45, 7) is 1.99. The number of aliphatic hydroxyl groups excluding tert-OH is 1. The van der Waals surface area contributed by atoms with Crippen molar-refractivity contribution in [2.75, 3.05) is 0 Å². The molecular formula is C13H16O2. The molecule has 15 heavy (non-hydrogen) atoms. The van der Waals surface area contributed by atoms with E-state index in [4.69, 9.17) is 4.42 Å². The highest BCUT2D eigenvalue weighted by Gasteiger charge is 2.05. The van der Waals surface area contributed by atoms with E-state index in [1.54, 1.807) is 0 Å². The Morgan fingerprint density at radius 2 is 2.13 bits per heavy atom. The Bertz CT molecular complexity index is 398. The van der Waals surface area contributed by atoms with Crippen molar-refractivity contribution >= 4 is 11.0 Å². The summed E-state index contributed by atoms with van der Waals surface area (Å²) >= 11 is 0. The van der Waals surface area contributed by atoms with E-state index in [0.29, 0.717) is 0 Å². The number of rotatable bonds is 4. The summed E-state index contributed by atoms with van der Waals surface area (Å²) in [5, 5.41) is 10.6. The maximum absolute atomic E-state index is 9.45. The van der Waals surface area contributed by atoms with Gasteiger partial charge in [0, 0.05) is 11.8 Å². The molecule has 1 aromatic heterocycles. The van der Waals surface area contributed by atoms with Crippen LogP contribution < -0.4 is 0 Å². The molecular weight excluding hydrogens is 188 g/mol. The Balaban J connectivity index is 2.09. The second kappa shape index (κ2) is 4.49. The molecule has 1 heterocycles. The summed E-state index contributed by atoms with van der Waals surface area (Å²) in [6, 6.07) is 10.0. The fraction of sp³-hybridized carbons (Fsp3) is 0.385. The van der Waals surface area contributed by atoms with Crippen LogP contribution in [0.2, 0.25) is 0 Å². The highest BCUT2D eigenvalue weighted by Crippen LogP contribution is 2.20. The van der Waals surface area contributed by atoms with E-state index >= 15 is 0 Å². The fourth-order valence-electron chi connectivity index (χ4n) is 1.67. The maximum Gasteiger partial charge on any atom is 0.134 e. The molecule has 2 nitrogen and oxygen atoms in total. The van der Waals surface area contributed by atoms with Crippen LogP contribution in [0.3, 0.4) is 0 Å². The molecule has 1 aromatic carbocycles. The number of hydrogen-bond donors (Lipinski definition) is 1. The van der Waals surface area contributed by atoms with Gasteiger partial charge in [-0.25, -0.2) is 0 Å². The van der Waals surface area contributed by atoms with Crippen LogP contribution in [0.4, 0.5) is 0 Å². The summed E-state index contributed by atoms with van der Waals surface area (Å²) in [7, 11) is 0. The minimum atomic E-state index is -0.210. The largest absolute Gasteiger partial charge is 0.461 e. The molecule has 0 radical (unpaired) electrons. The summed E-state index contributed by atoms with van der Waals surface area (Å²) < 4.78 is 5.65. The van der Waals surface area contributed by atoms with Gasteiger partial charge >= 0.3 is 0 Å². The SMILES string of the molecule is CCC(O)CCc1cc2ccccc2o1. The zero-order chi connectivity index (χ0) is 10.7. The molecule has 2 rings (SSSR count). The second-order valence-corrected chi connectivity index (χ2v) is 3.85. The smallest absolute Gasteiger partial charge is 0.134 e. The molecule has 1 unspecified atom stereocenters. The number of benzene rings is 1. The van der Waals surface area contributed by atoms with E-state index in [9.17, 15) is 5.11 Å². The van der Waals surface area contributed by atoms with Gasteiger partial charge < -0.3 is 9.52 Å². The lowest BCUT2D eigenvalue weighted by Gasteiger charge is -2.04. The van der Waals surface area contributed by atoms with Crippen molar-refractivity contribution in [3.63, 3.8) is 0 Å². The van der Waals surface area contributed by atoms with Crippen molar-refractivity contribution in [3.05, 3.63) is 36.1 Å². The van der Waals surface area contributed by atoms with Gasteiger partial charge in [0.2, 0.25) is 0 Å². The molecule has 0 saturated carbocycles. The van der Waals surface area contributed by atoms with Crippen molar-refractivity contribution in [1.82, 2.24) is 0 Å². The molecule has 0 fully saturated rings. The average Bonchev–Trinajstić information content (AvgIpc) is 2.68. The summed E-state index contributed by atoms with van der Waals surface area (Å²) in [5.74, 6) is 0.962. The third-order valence-electron chi connectivity index (χ3n) is 2.67. The molecule has 0 bridgehead atoms. The maximum atomic E-state index is 9.45. The molecule has 0 spiro atoms. The fourth-order valence-corrected chi connectivity index (χ4v) is 1.67. The average molecular weight is 204 g/mol. The molecule has 1 N–H and O–H groups in total. The lowest BCUT2D eigenvalue weighted by atomic mass is 10.1. The zero-order valence-corrected chi connectivity index (χ0v) is 8.94. The highest BCUT2D eigenvalue weighted by atomic mass is 16.3. The van der Waals surface area contributed by atoms with Crippen LogP contribution in [-0.2, 0) is 6.42 Å². The first-order chi connectivity index (χ1) is 7.29.